The molecular weight excluding hydrogens is 264 g/mol. The number of carbonyl (C=O) groups is 1. The third-order valence-electron chi connectivity index (χ3n) is 2.73. The summed E-state index contributed by atoms with van der Waals surface area (Å²) in [5.41, 5.74) is 1.54. The fourth-order valence-electron chi connectivity index (χ4n) is 1.78. The van der Waals surface area contributed by atoms with E-state index in [1.54, 1.807) is 17.5 Å². The topological polar surface area (TPSA) is 82.2 Å². The van der Waals surface area contributed by atoms with Gasteiger partial charge in [-0.05, 0) is 5.56 Å². The van der Waals surface area contributed by atoms with Crippen molar-refractivity contribution in [2.45, 2.75) is 12.5 Å². The van der Waals surface area contributed by atoms with Crippen molar-refractivity contribution < 1.29 is 9.90 Å². The van der Waals surface area contributed by atoms with E-state index in [4.69, 9.17) is 0 Å². The molecule has 1 atom stereocenters. The summed E-state index contributed by atoms with van der Waals surface area (Å²) in [6.45, 7) is 0.770. The van der Waals surface area contributed by atoms with E-state index in [0.717, 1.165) is 22.6 Å². The van der Waals surface area contributed by atoms with Gasteiger partial charge in [0.1, 0.15) is 0 Å². The number of rotatable bonds is 6. The minimum atomic E-state index is -0.863. The van der Waals surface area contributed by atoms with Crippen LogP contribution in [0.4, 0.5) is 0 Å². The quantitative estimate of drug-likeness (QED) is 0.746. The van der Waals surface area contributed by atoms with Gasteiger partial charge in [0.15, 0.2) is 0 Å². The van der Waals surface area contributed by atoms with Crippen molar-refractivity contribution >= 4 is 17.3 Å². The minimum Gasteiger partial charge on any atom is -0.481 e. The van der Waals surface area contributed by atoms with E-state index in [0.29, 0.717) is 13.1 Å². The van der Waals surface area contributed by atoms with Crippen molar-refractivity contribution in [3.05, 3.63) is 56.6 Å². The minimum absolute atomic E-state index is 0.102. The maximum absolute atomic E-state index is 11.3. The Bertz CT molecular complexity index is 591. The normalized spacial score (nSPS) is 12.2. The van der Waals surface area contributed by atoms with Crippen LogP contribution in [0.2, 0.25) is 0 Å². The highest BCUT2D eigenvalue weighted by Crippen LogP contribution is 2.14. The molecule has 0 amide bonds. The summed E-state index contributed by atoms with van der Waals surface area (Å²) >= 11 is 1.10. The Kier molecular flexibility index (Phi) is 4.48. The maximum atomic E-state index is 11.3. The predicted molar refractivity (Wildman–Crippen MR) is 73.5 cm³/mol. The average Bonchev–Trinajstić information content (AvgIpc) is 2.81. The van der Waals surface area contributed by atoms with Gasteiger partial charge in [0.05, 0.1) is 5.92 Å². The van der Waals surface area contributed by atoms with E-state index >= 15 is 0 Å². The van der Waals surface area contributed by atoms with E-state index < -0.39 is 11.9 Å². The number of carboxylic acids is 1. The van der Waals surface area contributed by atoms with Gasteiger partial charge in [0, 0.05) is 24.2 Å². The predicted octanol–water partition coefficient (Wildman–Crippen LogP) is 1.39. The lowest BCUT2D eigenvalue weighted by molar-refractivity contribution is -0.138. The molecule has 0 fully saturated rings. The number of hydrogen-bond donors (Lipinski definition) is 3. The van der Waals surface area contributed by atoms with Gasteiger partial charge in [-0.3, -0.25) is 9.59 Å². The summed E-state index contributed by atoms with van der Waals surface area (Å²) in [5.74, 6) is -1.45. The van der Waals surface area contributed by atoms with E-state index in [9.17, 15) is 14.7 Å². The third kappa shape index (κ3) is 3.77. The highest BCUT2D eigenvalue weighted by Gasteiger charge is 2.18. The summed E-state index contributed by atoms with van der Waals surface area (Å²) in [7, 11) is 0. The van der Waals surface area contributed by atoms with Gasteiger partial charge in [0.25, 0.3) is 0 Å². The van der Waals surface area contributed by atoms with Gasteiger partial charge in [-0.25, -0.2) is 0 Å². The van der Waals surface area contributed by atoms with E-state index in [2.05, 4.69) is 10.3 Å². The van der Waals surface area contributed by atoms with Crippen molar-refractivity contribution in [2.75, 3.05) is 6.54 Å². The van der Waals surface area contributed by atoms with Crippen LogP contribution in [0.5, 0.6) is 0 Å². The van der Waals surface area contributed by atoms with Crippen LogP contribution in [0, 0.1) is 0 Å². The van der Waals surface area contributed by atoms with Gasteiger partial charge < -0.3 is 15.4 Å². The lowest BCUT2D eigenvalue weighted by Gasteiger charge is -2.13. The van der Waals surface area contributed by atoms with E-state index in [1.165, 1.54) is 0 Å². The number of nitrogens with one attached hydrogen (secondary N) is 2. The monoisotopic (exact) mass is 278 g/mol. The fourth-order valence-corrected chi connectivity index (χ4v) is 2.37. The molecule has 1 aromatic heterocycles. The van der Waals surface area contributed by atoms with Crippen LogP contribution in [0.3, 0.4) is 0 Å². The zero-order valence-electron chi connectivity index (χ0n) is 10.1. The summed E-state index contributed by atoms with van der Waals surface area (Å²) < 4.78 is 0. The molecular formula is C13H14N2O3S. The van der Waals surface area contributed by atoms with Crippen molar-refractivity contribution in [3.8, 4) is 0 Å². The summed E-state index contributed by atoms with van der Waals surface area (Å²) in [4.78, 5) is 24.8. The van der Waals surface area contributed by atoms with Crippen LogP contribution in [0.15, 0.2) is 40.5 Å². The van der Waals surface area contributed by atoms with Crippen molar-refractivity contribution in [1.82, 2.24) is 10.3 Å². The van der Waals surface area contributed by atoms with Gasteiger partial charge in [-0.2, -0.15) is 0 Å². The molecule has 0 saturated heterocycles. The molecule has 3 N–H and O–H groups in total. The van der Waals surface area contributed by atoms with Gasteiger partial charge in [-0.15, -0.1) is 0 Å². The highest BCUT2D eigenvalue weighted by molar-refractivity contribution is 7.07. The van der Waals surface area contributed by atoms with Gasteiger partial charge in [-0.1, -0.05) is 41.7 Å². The second kappa shape index (κ2) is 6.31. The molecule has 100 valence electrons. The molecule has 1 aromatic carbocycles. The number of aromatic amines is 1. The summed E-state index contributed by atoms with van der Waals surface area (Å²) in [6, 6.07) is 9.09. The molecule has 6 heteroatoms. The second-order valence-electron chi connectivity index (χ2n) is 4.11. The largest absolute Gasteiger partial charge is 0.481 e. The summed E-state index contributed by atoms with van der Waals surface area (Å²) in [5, 5.41) is 14.0. The van der Waals surface area contributed by atoms with Crippen LogP contribution in [0.1, 0.15) is 17.2 Å². The van der Waals surface area contributed by atoms with Crippen LogP contribution in [-0.4, -0.2) is 22.6 Å². The number of thiazole rings is 1. The average molecular weight is 278 g/mol. The molecule has 2 aromatic rings. The molecule has 1 unspecified atom stereocenters. The zero-order chi connectivity index (χ0) is 13.7. The Morgan fingerprint density at radius 1 is 1.37 bits per heavy atom. The third-order valence-corrected chi connectivity index (χ3v) is 3.45. The number of H-pyrrole nitrogens is 1. The Hall–Kier alpha value is -1.92. The lowest BCUT2D eigenvalue weighted by Crippen LogP contribution is -2.26. The number of aromatic nitrogens is 1. The standard InChI is InChI=1S/C13H14N2O3S/c16-12(17)11(9-4-2-1-3-5-9)7-14-6-10-8-19-13(18)15-10/h1-5,8,11,14H,6-7H2,(H,15,18)(H,16,17). The van der Waals surface area contributed by atoms with Crippen LogP contribution in [0.25, 0.3) is 0 Å². The molecule has 0 bridgehead atoms. The molecule has 2 rings (SSSR count). The first kappa shape index (κ1) is 13.5. The Morgan fingerprint density at radius 3 is 2.68 bits per heavy atom. The fraction of sp³-hybridized carbons (Fsp3) is 0.231. The van der Waals surface area contributed by atoms with Crippen molar-refractivity contribution in [2.24, 2.45) is 0 Å². The second-order valence-corrected chi connectivity index (χ2v) is 4.95. The summed E-state index contributed by atoms with van der Waals surface area (Å²) in [6.07, 6.45) is 0. The maximum Gasteiger partial charge on any atom is 0.312 e. The van der Waals surface area contributed by atoms with Crippen LogP contribution >= 0.6 is 11.3 Å². The zero-order valence-corrected chi connectivity index (χ0v) is 10.9. The van der Waals surface area contributed by atoms with E-state index in [1.807, 2.05) is 18.2 Å². The van der Waals surface area contributed by atoms with Crippen molar-refractivity contribution in [1.29, 1.82) is 0 Å². The Balaban J connectivity index is 1.95. The van der Waals surface area contributed by atoms with Crippen LogP contribution < -0.4 is 10.2 Å². The van der Waals surface area contributed by atoms with Crippen molar-refractivity contribution in [3.63, 3.8) is 0 Å². The highest BCUT2D eigenvalue weighted by atomic mass is 32.1. The molecule has 0 saturated carbocycles. The van der Waals surface area contributed by atoms with Crippen LogP contribution in [-0.2, 0) is 11.3 Å². The van der Waals surface area contributed by atoms with Gasteiger partial charge >= 0.3 is 10.8 Å². The Morgan fingerprint density at radius 2 is 2.11 bits per heavy atom. The van der Waals surface area contributed by atoms with Gasteiger partial charge in [0.2, 0.25) is 0 Å². The first-order chi connectivity index (χ1) is 9.16. The molecule has 5 nitrogen and oxygen atoms in total. The first-order valence-corrected chi connectivity index (χ1v) is 6.70. The number of benzene rings is 1. The molecule has 0 aliphatic carbocycles. The number of aliphatic carboxylic acids is 1. The molecule has 0 spiro atoms. The van der Waals surface area contributed by atoms with E-state index in [-0.39, 0.29) is 4.87 Å². The lowest BCUT2D eigenvalue weighted by atomic mass is 9.99. The molecule has 0 aliphatic rings. The smallest absolute Gasteiger partial charge is 0.312 e. The number of hydrogen-bond acceptors (Lipinski definition) is 4. The molecule has 0 radical (unpaired) electrons. The molecule has 19 heavy (non-hydrogen) atoms. The molecule has 0 aliphatic heterocycles. The first-order valence-electron chi connectivity index (χ1n) is 5.82. The Labute approximate surface area is 113 Å². The SMILES string of the molecule is O=C(O)C(CNCc1csc(=O)[nH]1)c1ccccc1. The number of carboxylic acid groups (broad SMARTS) is 1. The molecule has 1 heterocycles.